The zero-order chi connectivity index (χ0) is 26.5. The molecule has 0 aliphatic carbocycles. The van der Waals surface area contributed by atoms with Crippen molar-refractivity contribution in [3.05, 3.63) is 70.9 Å². The van der Waals surface area contributed by atoms with Crippen LogP contribution in [0.3, 0.4) is 0 Å². The van der Waals surface area contributed by atoms with Crippen molar-refractivity contribution >= 4 is 29.4 Å². The lowest BCUT2D eigenvalue weighted by atomic mass is 10.1. The molecule has 38 heavy (non-hydrogen) atoms. The van der Waals surface area contributed by atoms with Gasteiger partial charge in [0, 0.05) is 62.7 Å². The van der Waals surface area contributed by atoms with Crippen LogP contribution < -0.4 is 19.7 Å². The minimum absolute atomic E-state index is 0.117. The number of amides is 2. The molecule has 3 heterocycles. The molecule has 0 saturated carbocycles. The zero-order valence-electron chi connectivity index (χ0n) is 21.6. The fourth-order valence-electron chi connectivity index (χ4n) is 4.35. The van der Waals surface area contributed by atoms with Gasteiger partial charge < -0.3 is 24.6 Å². The summed E-state index contributed by atoms with van der Waals surface area (Å²) in [5.74, 6) is 3.03. The van der Waals surface area contributed by atoms with Crippen molar-refractivity contribution in [3.8, 4) is 11.5 Å². The minimum Gasteiger partial charge on any atom is -0.454 e. The van der Waals surface area contributed by atoms with Crippen LogP contribution in [-0.2, 0) is 23.5 Å². The third kappa shape index (κ3) is 6.19. The van der Waals surface area contributed by atoms with Crippen molar-refractivity contribution < 1.29 is 19.1 Å². The third-order valence-corrected chi connectivity index (χ3v) is 7.55. The van der Waals surface area contributed by atoms with Gasteiger partial charge in [-0.15, -0.1) is 0 Å². The van der Waals surface area contributed by atoms with Crippen LogP contribution in [0.25, 0.3) is 0 Å². The molecule has 1 fully saturated rings. The van der Waals surface area contributed by atoms with Crippen LogP contribution in [0.15, 0.2) is 53.7 Å². The van der Waals surface area contributed by atoms with Crippen LogP contribution in [0.2, 0.25) is 0 Å². The summed E-state index contributed by atoms with van der Waals surface area (Å²) in [7, 11) is 0. The van der Waals surface area contributed by atoms with Crippen molar-refractivity contribution in [2.75, 3.05) is 37.9 Å². The van der Waals surface area contributed by atoms with E-state index < -0.39 is 0 Å². The molecule has 10 heteroatoms. The second-order valence-corrected chi connectivity index (χ2v) is 10.1. The van der Waals surface area contributed by atoms with E-state index in [1.807, 2.05) is 53.4 Å². The molecule has 2 aromatic carbocycles. The molecule has 5 rings (SSSR count). The lowest BCUT2D eigenvalue weighted by Crippen LogP contribution is -2.48. The Hall–Kier alpha value is -3.79. The van der Waals surface area contributed by atoms with E-state index >= 15 is 0 Å². The number of aromatic nitrogens is 2. The number of fused-ring (bicyclic) bond motifs is 1. The van der Waals surface area contributed by atoms with Crippen LogP contribution in [0.5, 0.6) is 11.5 Å². The number of nitrogens with zero attached hydrogens (tertiary/aromatic N) is 4. The number of hydrogen-bond acceptors (Lipinski definition) is 8. The van der Waals surface area contributed by atoms with Gasteiger partial charge in [0.05, 0.1) is 0 Å². The number of ether oxygens (including phenoxy) is 2. The molecule has 3 aromatic rings. The zero-order valence-corrected chi connectivity index (χ0v) is 22.4. The summed E-state index contributed by atoms with van der Waals surface area (Å²) in [4.78, 5) is 37.9. The van der Waals surface area contributed by atoms with Gasteiger partial charge in [-0.3, -0.25) is 9.59 Å². The second-order valence-electron chi connectivity index (χ2n) is 9.20. The van der Waals surface area contributed by atoms with Crippen LogP contribution >= 0.6 is 11.8 Å². The number of carbonyl (C=O) groups is 2. The Morgan fingerprint density at radius 1 is 0.947 bits per heavy atom. The van der Waals surface area contributed by atoms with Crippen LogP contribution in [-0.4, -0.2) is 59.7 Å². The number of benzene rings is 2. The van der Waals surface area contributed by atoms with Gasteiger partial charge in [-0.25, -0.2) is 9.97 Å². The van der Waals surface area contributed by atoms with Gasteiger partial charge in [-0.05, 0) is 41.8 Å². The highest BCUT2D eigenvalue weighted by molar-refractivity contribution is 7.98. The molecule has 2 aliphatic heterocycles. The molecule has 0 atom stereocenters. The van der Waals surface area contributed by atoms with Gasteiger partial charge in [0.15, 0.2) is 16.7 Å². The summed E-state index contributed by atoms with van der Waals surface area (Å²) in [6.45, 7) is 7.29. The molecular weight excluding hydrogens is 502 g/mol. The maximum absolute atomic E-state index is 12.6. The van der Waals surface area contributed by atoms with Crippen LogP contribution in [0.1, 0.15) is 41.0 Å². The summed E-state index contributed by atoms with van der Waals surface area (Å²) in [5, 5.41) is 3.69. The smallest absolute Gasteiger partial charge is 0.251 e. The van der Waals surface area contributed by atoms with Gasteiger partial charge in [0.1, 0.15) is 5.82 Å². The lowest BCUT2D eigenvalue weighted by molar-refractivity contribution is -0.129. The van der Waals surface area contributed by atoms with E-state index in [0.717, 1.165) is 53.1 Å². The van der Waals surface area contributed by atoms with Gasteiger partial charge in [-0.1, -0.05) is 36.9 Å². The number of nitrogens with one attached hydrogen (secondary N) is 1. The van der Waals surface area contributed by atoms with Crippen molar-refractivity contribution in [1.82, 2.24) is 20.2 Å². The maximum Gasteiger partial charge on any atom is 0.251 e. The van der Waals surface area contributed by atoms with E-state index in [1.54, 1.807) is 18.7 Å². The van der Waals surface area contributed by atoms with Gasteiger partial charge >= 0.3 is 0 Å². The summed E-state index contributed by atoms with van der Waals surface area (Å²) in [6.07, 6.45) is 0.826. The molecule has 2 aliphatic rings. The fourth-order valence-corrected chi connectivity index (χ4v) is 5.18. The molecule has 2 amide bonds. The first-order valence-corrected chi connectivity index (χ1v) is 13.7. The number of hydrogen-bond donors (Lipinski definition) is 1. The van der Waals surface area contributed by atoms with E-state index in [-0.39, 0.29) is 18.6 Å². The average Bonchev–Trinajstić information content (AvgIpc) is 3.43. The Balaban J connectivity index is 1.16. The first-order chi connectivity index (χ1) is 18.5. The van der Waals surface area contributed by atoms with E-state index in [1.165, 1.54) is 0 Å². The van der Waals surface area contributed by atoms with Crippen LogP contribution in [0.4, 0.5) is 5.82 Å². The number of anilines is 1. The minimum atomic E-state index is -0.129. The molecule has 0 unspecified atom stereocenters. The molecule has 1 aromatic heterocycles. The quantitative estimate of drug-likeness (QED) is 0.346. The fraction of sp³-hybridized carbons (Fsp3) is 0.357. The van der Waals surface area contributed by atoms with Gasteiger partial charge in [0.2, 0.25) is 12.7 Å². The van der Waals surface area contributed by atoms with Crippen molar-refractivity contribution in [2.45, 2.75) is 37.7 Å². The Bertz CT molecular complexity index is 1310. The highest BCUT2D eigenvalue weighted by Crippen LogP contribution is 2.32. The predicted molar refractivity (Wildman–Crippen MR) is 146 cm³/mol. The number of piperazine rings is 1. The van der Waals surface area contributed by atoms with Crippen LogP contribution in [0, 0.1) is 0 Å². The normalized spacial score (nSPS) is 14.5. The SMILES string of the molecule is CCc1cc(N2CCN(C(C)=O)CC2)nc(SCc2ccc(C(=O)NCc3ccc4c(c3)OCO4)cc2)n1. The van der Waals surface area contributed by atoms with E-state index in [9.17, 15) is 9.59 Å². The third-order valence-electron chi connectivity index (χ3n) is 6.63. The molecule has 0 spiro atoms. The first kappa shape index (κ1) is 25.8. The largest absolute Gasteiger partial charge is 0.454 e. The topological polar surface area (TPSA) is 96.9 Å². The van der Waals surface area contributed by atoms with Crippen molar-refractivity contribution in [3.63, 3.8) is 0 Å². The standard InChI is InChI=1S/C28H31N5O4S/c1-3-23-15-26(33-12-10-32(11-13-33)19(2)34)31-28(30-23)38-17-20-4-7-22(8-5-20)27(35)29-16-21-6-9-24-25(14-21)37-18-36-24/h4-9,14-15H,3,10-13,16-18H2,1-2H3,(H,29,35). The Kier molecular flexibility index (Phi) is 7.97. The maximum atomic E-state index is 12.6. The van der Waals surface area contributed by atoms with Crippen molar-refractivity contribution in [1.29, 1.82) is 0 Å². The number of carbonyl (C=O) groups excluding carboxylic acids is 2. The summed E-state index contributed by atoms with van der Waals surface area (Å²) >= 11 is 1.58. The molecule has 9 nitrogen and oxygen atoms in total. The first-order valence-electron chi connectivity index (χ1n) is 12.8. The van der Waals surface area contributed by atoms with Crippen molar-refractivity contribution in [2.24, 2.45) is 0 Å². The number of rotatable bonds is 8. The Labute approximate surface area is 226 Å². The summed E-state index contributed by atoms with van der Waals surface area (Å²) < 4.78 is 10.7. The molecule has 198 valence electrons. The molecule has 0 radical (unpaired) electrons. The van der Waals surface area contributed by atoms with Gasteiger partial charge in [0.25, 0.3) is 5.91 Å². The van der Waals surface area contributed by atoms with Gasteiger partial charge in [-0.2, -0.15) is 0 Å². The monoisotopic (exact) mass is 533 g/mol. The summed E-state index contributed by atoms with van der Waals surface area (Å²) in [5.41, 5.74) is 3.64. The summed E-state index contributed by atoms with van der Waals surface area (Å²) in [6, 6.07) is 15.3. The molecule has 1 N–H and O–H groups in total. The number of thioether (sulfide) groups is 1. The van der Waals surface area contributed by atoms with E-state index in [2.05, 4.69) is 17.1 Å². The second kappa shape index (κ2) is 11.7. The molecule has 1 saturated heterocycles. The average molecular weight is 534 g/mol. The Morgan fingerprint density at radius 3 is 2.42 bits per heavy atom. The predicted octanol–water partition coefficient (Wildman–Crippen LogP) is 3.66. The highest BCUT2D eigenvalue weighted by atomic mass is 32.2. The Morgan fingerprint density at radius 2 is 1.68 bits per heavy atom. The molecule has 0 bridgehead atoms. The number of aryl methyl sites for hydroxylation is 1. The van der Waals surface area contributed by atoms with E-state index in [4.69, 9.17) is 19.4 Å². The van der Waals surface area contributed by atoms with E-state index in [0.29, 0.717) is 36.7 Å². The lowest BCUT2D eigenvalue weighted by Gasteiger charge is -2.35. The molecular formula is C28H31N5O4S. The highest BCUT2D eigenvalue weighted by Gasteiger charge is 2.21.